The van der Waals surface area contributed by atoms with Gasteiger partial charge >= 0.3 is 0 Å². The van der Waals surface area contributed by atoms with Gasteiger partial charge < -0.3 is 14.8 Å². The summed E-state index contributed by atoms with van der Waals surface area (Å²) in [5.41, 5.74) is 1.52. The van der Waals surface area contributed by atoms with Crippen molar-refractivity contribution in [1.29, 1.82) is 0 Å². The number of benzene rings is 1. The number of nitrogens with one attached hydrogen (secondary N) is 1. The number of aryl methyl sites for hydroxylation is 1. The van der Waals surface area contributed by atoms with Crippen molar-refractivity contribution in [2.24, 2.45) is 0 Å². The van der Waals surface area contributed by atoms with Gasteiger partial charge in [-0.15, -0.1) is 0 Å². The van der Waals surface area contributed by atoms with E-state index in [1.165, 1.54) is 0 Å². The Morgan fingerprint density at radius 1 is 1.27 bits per heavy atom. The molecule has 5 heteroatoms. The minimum absolute atomic E-state index is 0.327. The number of hydrogen-bond acceptors (Lipinski definition) is 3. The molecule has 0 aliphatic heterocycles. The third kappa shape index (κ3) is 2.86. The summed E-state index contributed by atoms with van der Waals surface area (Å²) in [4.78, 5) is 10.5. The Hall–Kier alpha value is -1.23. The van der Waals surface area contributed by atoms with E-state index >= 15 is 0 Å². The Morgan fingerprint density at radius 3 is 2.33 bits per heavy atom. The molecular formula is C10H12BrNO3. The molecule has 0 aromatic heterocycles. The minimum atomic E-state index is -0.327. The quantitative estimate of drug-likeness (QED) is 0.681. The molecule has 0 saturated heterocycles. The van der Waals surface area contributed by atoms with Gasteiger partial charge in [0.15, 0.2) is 0 Å². The Morgan fingerprint density at radius 2 is 1.87 bits per heavy atom. The summed E-state index contributed by atoms with van der Waals surface area (Å²) >= 11 is 2.79. The summed E-state index contributed by atoms with van der Waals surface area (Å²) in [7, 11) is 3.12. The van der Waals surface area contributed by atoms with E-state index in [0.717, 1.165) is 5.56 Å². The van der Waals surface area contributed by atoms with Gasteiger partial charge in [0.25, 0.3) is 4.82 Å². The number of amides is 1. The van der Waals surface area contributed by atoms with Crippen molar-refractivity contribution in [1.82, 2.24) is 0 Å². The lowest BCUT2D eigenvalue weighted by Crippen LogP contribution is -2.03. The van der Waals surface area contributed by atoms with Crippen LogP contribution in [0, 0.1) is 6.92 Å². The number of rotatable bonds is 3. The van der Waals surface area contributed by atoms with Gasteiger partial charge in [0.2, 0.25) is 0 Å². The van der Waals surface area contributed by atoms with Crippen LogP contribution in [0.15, 0.2) is 12.1 Å². The molecule has 82 valence electrons. The van der Waals surface area contributed by atoms with Gasteiger partial charge in [0, 0.05) is 22.0 Å². The van der Waals surface area contributed by atoms with Gasteiger partial charge in [-0.05, 0) is 18.6 Å². The highest BCUT2D eigenvalue weighted by molar-refractivity contribution is 9.18. The second-order valence-electron chi connectivity index (χ2n) is 2.92. The van der Waals surface area contributed by atoms with Gasteiger partial charge in [-0.2, -0.15) is 0 Å². The molecule has 0 bridgehead atoms. The number of methoxy groups -OCH3 is 2. The summed E-state index contributed by atoms with van der Waals surface area (Å²) in [5.74, 6) is 1.30. The van der Waals surface area contributed by atoms with E-state index in [-0.39, 0.29) is 4.82 Å². The molecule has 15 heavy (non-hydrogen) atoms. The van der Waals surface area contributed by atoms with E-state index in [4.69, 9.17) is 9.47 Å². The van der Waals surface area contributed by atoms with Crippen molar-refractivity contribution in [3.63, 3.8) is 0 Å². The monoisotopic (exact) mass is 273 g/mol. The summed E-state index contributed by atoms with van der Waals surface area (Å²) < 4.78 is 10.3. The zero-order valence-electron chi connectivity index (χ0n) is 8.76. The molecule has 1 N–H and O–H groups in total. The average Bonchev–Trinajstić information content (AvgIpc) is 2.19. The van der Waals surface area contributed by atoms with Crippen LogP contribution in [0.4, 0.5) is 10.5 Å². The zero-order valence-corrected chi connectivity index (χ0v) is 10.3. The SMILES string of the molecule is COc1cc(NC(=O)Br)c(OC)cc1C. The van der Waals surface area contributed by atoms with Crippen molar-refractivity contribution in [3.8, 4) is 11.5 Å². The first-order chi connectivity index (χ1) is 7.08. The Bertz CT molecular complexity index is 379. The Labute approximate surface area is 96.7 Å². The molecule has 0 atom stereocenters. The second kappa shape index (κ2) is 5.02. The number of hydrogen-bond donors (Lipinski definition) is 1. The van der Waals surface area contributed by atoms with Gasteiger partial charge in [-0.1, -0.05) is 0 Å². The van der Waals surface area contributed by atoms with Crippen LogP contribution in [-0.4, -0.2) is 19.0 Å². The van der Waals surface area contributed by atoms with Crippen LogP contribution in [0.25, 0.3) is 0 Å². The first-order valence-corrected chi connectivity index (χ1v) is 5.07. The predicted molar refractivity (Wildman–Crippen MR) is 62.2 cm³/mol. The third-order valence-electron chi connectivity index (χ3n) is 1.95. The van der Waals surface area contributed by atoms with Crippen LogP contribution >= 0.6 is 15.9 Å². The van der Waals surface area contributed by atoms with Gasteiger partial charge in [0.05, 0.1) is 19.9 Å². The maximum absolute atomic E-state index is 10.9. The lowest BCUT2D eigenvalue weighted by atomic mass is 10.2. The van der Waals surface area contributed by atoms with Gasteiger partial charge in [-0.3, -0.25) is 4.79 Å². The Kier molecular flexibility index (Phi) is 3.96. The molecule has 1 rings (SSSR count). The molecule has 0 radical (unpaired) electrons. The molecule has 0 aliphatic rings. The standard InChI is InChI=1S/C10H12BrNO3/c1-6-4-9(15-3)7(12-10(11)13)5-8(6)14-2/h4-5H,1-3H3,(H,12,13). The smallest absolute Gasteiger partial charge is 0.291 e. The summed E-state index contributed by atoms with van der Waals surface area (Å²) in [6, 6.07) is 3.52. The summed E-state index contributed by atoms with van der Waals surface area (Å²) in [5, 5.41) is 2.60. The lowest BCUT2D eigenvalue weighted by molar-refractivity contribution is 0.270. The largest absolute Gasteiger partial charge is 0.496 e. The number of ether oxygens (including phenoxy) is 2. The van der Waals surface area contributed by atoms with Crippen molar-refractivity contribution in [3.05, 3.63) is 17.7 Å². The molecule has 0 saturated carbocycles. The molecular weight excluding hydrogens is 262 g/mol. The van der Waals surface area contributed by atoms with Crippen LogP contribution in [0.3, 0.4) is 0 Å². The molecule has 0 heterocycles. The fraction of sp³-hybridized carbons (Fsp3) is 0.300. The number of carbonyl (C=O) groups excluding carboxylic acids is 1. The van der Waals surface area contributed by atoms with Gasteiger partial charge in [-0.25, -0.2) is 0 Å². The molecule has 1 amide bonds. The molecule has 0 fully saturated rings. The minimum Gasteiger partial charge on any atom is -0.496 e. The molecule has 1 aromatic rings. The van der Waals surface area contributed by atoms with Crippen LogP contribution in [0.2, 0.25) is 0 Å². The van der Waals surface area contributed by atoms with Crippen molar-refractivity contribution in [2.45, 2.75) is 6.92 Å². The van der Waals surface area contributed by atoms with E-state index in [0.29, 0.717) is 17.2 Å². The van der Waals surface area contributed by atoms with Crippen LogP contribution < -0.4 is 14.8 Å². The van der Waals surface area contributed by atoms with E-state index < -0.39 is 0 Å². The highest BCUT2D eigenvalue weighted by atomic mass is 79.9. The van der Waals surface area contributed by atoms with Gasteiger partial charge in [0.1, 0.15) is 11.5 Å². The second-order valence-corrected chi connectivity index (χ2v) is 3.64. The predicted octanol–water partition coefficient (Wildman–Crippen LogP) is 2.94. The zero-order chi connectivity index (χ0) is 11.4. The normalized spacial score (nSPS) is 9.60. The maximum Gasteiger partial charge on any atom is 0.291 e. The van der Waals surface area contributed by atoms with Crippen LogP contribution in [-0.2, 0) is 0 Å². The highest BCUT2D eigenvalue weighted by Crippen LogP contribution is 2.32. The van der Waals surface area contributed by atoms with E-state index in [2.05, 4.69) is 21.2 Å². The fourth-order valence-electron chi connectivity index (χ4n) is 1.25. The number of halogens is 1. The maximum atomic E-state index is 10.9. The molecule has 1 aromatic carbocycles. The topological polar surface area (TPSA) is 47.6 Å². The average molecular weight is 274 g/mol. The highest BCUT2D eigenvalue weighted by Gasteiger charge is 2.09. The summed E-state index contributed by atoms with van der Waals surface area (Å²) in [6.07, 6.45) is 0. The van der Waals surface area contributed by atoms with Crippen molar-refractivity contribution in [2.75, 3.05) is 19.5 Å². The number of carbonyl (C=O) groups is 1. The molecule has 0 spiro atoms. The first kappa shape index (κ1) is 11.8. The lowest BCUT2D eigenvalue weighted by Gasteiger charge is -2.12. The molecule has 0 unspecified atom stereocenters. The van der Waals surface area contributed by atoms with Crippen LogP contribution in [0.1, 0.15) is 5.56 Å². The third-order valence-corrected chi connectivity index (χ3v) is 2.15. The van der Waals surface area contributed by atoms with E-state index in [9.17, 15) is 4.79 Å². The molecule has 0 aliphatic carbocycles. The van der Waals surface area contributed by atoms with E-state index in [1.807, 2.05) is 6.92 Å². The number of anilines is 1. The summed E-state index contributed by atoms with van der Waals surface area (Å²) in [6.45, 7) is 1.90. The fourth-order valence-corrected chi connectivity index (χ4v) is 1.47. The van der Waals surface area contributed by atoms with Crippen molar-refractivity contribution < 1.29 is 14.3 Å². The van der Waals surface area contributed by atoms with Crippen molar-refractivity contribution >= 4 is 26.4 Å². The Balaban J connectivity index is 3.16. The van der Waals surface area contributed by atoms with E-state index in [1.54, 1.807) is 26.4 Å². The van der Waals surface area contributed by atoms with Crippen LogP contribution in [0.5, 0.6) is 11.5 Å². The first-order valence-electron chi connectivity index (χ1n) is 4.27. The molecule has 4 nitrogen and oxygen atoms in total.